The van der Waals surface area contributed by atoms with Gasteiger partial charge in [0, 0.05) is 12.7 Å². The fraction of sp³-hybridized carbons (Fsp3) is 0.524. The number of thioether (sulfide) groups is 1. The number of likely N-dealkylation sites (N-methyl/N-ethyl adjacent to an activating group) is 1. The van der Waals surface area contributed by atoms with Crippen molar-refractivity contribution in [2.24, 2.45) is 0 Å². The summed E-state index contributed by atoms with van der Waals surface area (Å²) < 4.78 is 29.9. The van der Waals surface area contributed by atoms with E-state index in [1.807, 2.05) is 13.2 Å². The molecule has 8 nitrogen and oxygen atoms in total. The quantitative estimate of drug-likeness (QED) is 0.470. The molecule has 2 N–H and O–H groups in total. The van der Waals surface area contributed by atoms with Crippen molar-refractivity contribution in [2.75, 3.05) is 37.0 Å². The maximum absolute atomic E-state index is 12.9. The molecule has 0 radical (unpaired) electrons. The SMILES string of the molecule is CCN(CC)CCn1cc(NC(=O)C(CCSC)NS(=O)(=O)c2ccc(C)cc2)cn1. The molecule has 2 aromatic rings. The highest BCUT2D eigenvalue weighted by Crippen LogP contribution is 2.14. The summed E-state index contributed by atoms with van der Waals surface area (Å²) in [5.41, 5.74) is 1.52. The van der Waals surface area contributed by atoms with Gasteiger partial charge >= 0.3 is 0 Å². The van der Waals surface area contributed by atoms with Crippen molar-refractivity contribution in [2.45, 2.75) is 44.7 Å². The second-order valence-corrected chi connectivity index (χ2v) is 9.98. The Kier molecular flexibility index (Phi) is 10.0. The number of rotatable bonds is 13. The van der Waals surface area contributed by atoms with Gasteiger partial charge in [-0.1, -0.05) is 31.5 Å². The summed E-state index contributed by atoms with van der Waals surface area (Å²) >= 11 is 1.56. The van der Waals surface area contributed by atoms with Crippen LogP contribution in [0.25, 0.3) is 0 Å². The Morgan fingerprint density at radius 1 is 1.23 bits per heavy atom. The van der Waals surface area contributed by atoms with Crippen molar-refractivity contribution in [3.63, 3.8) is 0 Å². The molecule has 0 spiro atoms. The van der Waals surface area contributed by atoms with Gasteiger partial charge in [0.1, 0.15) is 6.04 Å². The van der Waals surface area contributed by atoms with E-state index in [4.69, 9.17) is 0 Å². The van der Waals surface area contributed by atoms with Crippen LogP contribution >= 0.6 is 11.8 Å². The van der Waals surface area contributed by atoms with Gasteiger partial charge in [-0.3, -0.25) is 9.48 Å². The third-order valence-electron chi connectivity index (χ3n) is 5.00. The molecule has 1 unspecified atom stereocenters. The average Bonchev–Trinajstić information content (AvgIpc) is 3.19. The molecule has 0 fully saturated rings. The zero-order chi connectivity index (χ0) is 22.9. The van der Waals surface area contributed by atoms with Gasteiger partial charge < -0.3 is 10.2 Å². The third kappa shape index (κ3) is 7.95. The zero-order valence-electron chi connectivity index (χ0n) is 18.7. The minimum absolute atomic E-state index is 0.143. The Morgan fingerprint density at radius 3 is 2.52 bits per heavy atom. The number of nitrogens with one attached hydrogen (secondary N) is 2. The predicted octanol–water partition coefficient (Wildman–Crippen LogP) is 2.57. The molecule has 172 valence electrons. The van der Waals surface area contributed by atoms with Crippen molar-refractivity contribution in [3.05, 3.63) is 42.2 Å². The molecule has 0 aliphatic heterocycles. The lowest BCUT2D eigenvalue weighted by molar-refractivity contribution is -0.117. The first-order valence-corrected chi connectivity index (χ1v) is 13.3. The molecule has 1 aromatic heterocycles. The molecule has 10 heteroatoms. The molecular weight excluding hydrogens is 434 g/mol. The van der Waals surface area contributed by atoms with E-state index in [9.17, 15) is 13.2 Å². The van der Waals surface area contributed by atoms with Crippen LogP contribution in [0.4, 0.5) is 5.69 Å². The van der Waals surface area contributed by atoms with Crippen molar-refractivity contribution in [1.29, 1.82) is 0 Å². The van der Waals surface area contributed by atoms with Crippen LogP contribution < -0.4 is 10.0 Å². The van der Waals surface area contributed by atoms with E-state index in [0.717, 1.165) is 25.2 Å². The number of aryl methyl sites for hydroxylation is 1. The van der Waals surface area contributed by atoms with Crippen LogP contribution in [-0.2, 0) is 21.4 Å². The normalized spacial score (nSPS) is 12.8. The van der Waals surface area contributed by atoms with E-state index in [0.29, 0.717) is 24.4 Å². The number of sulfonamides is 1. The van der Waals surface area contributed by atoms with Gasteiger partial charge in [0.05, 0.1) is 23.3 Å². The standard InChI is InChI=1S/C21H33N5O3S2/c1-5-25(6-2)12-13-26-16-18(15-22-26)23-21(27)20(11-14-30-4)24-31(28,29)19-9-7-17(3)8-10-19/h7-10,15-16,20,24H,5-6,11-14H2,1-4H3,(H,23,27). The maximum Gasteiger partial charge on any atom is 0.242 e. The van der Waals surface area contributed by atoms with Crippen molar-refractivity contribution in [3.8, 4) is 0 Å². The molecule has 31 heavy (non-hydrogen) atoms. The molecule has 1 amide bonds. The molecule has 1 atom stereocenters. The fourth-order valence-electron chi connectivity index (χ4n) is 3.02. The van der Waals surface area contributed by atoms with Gasteiger partial charge in [-0.05, 0) is 50.6 Å². The highest BCUT2D eigenvalue weighted by molar-refractivity contribution is 7.98. The summed E-state index contributed by atoms with van der Waals surface area (Å²) in [4.78, 5) is 15.3. The van der Waals surface area contributed by atoms with Crippen molar-refractivity contribution in [1.82, 2.24) is 19.4 Å². The number of benzene rings is 1. The highest BCUT2D eigenvalue weighted by atomic mass is 32.2. The first kappa shape index (κ1) is 25.4. The van der Waals surface area contributed by atoms with E-state index in [2.05, 4.69) is 33.9 Å². The summed E-state index contributed by atoms with van der Waals surface area (Å²) in [6, 6.07) is 5.68. The Labute approximate surface area is 189 Å². The molecular formula is C21H33N5O3S2. The van der Waals surface area contributed by atoms with E-state index >= 15 is 0 Å². The third-order valence-corrected chi connectivity index (χ3v) is 7.13. The summed E-state index contributed by atoms with van der Waals surface area (Å²) in [6.07, 6.45) is 5.65. The number of anilines is 1. The van der Waals surface area contributed by atoms with Crippen LogP contribution in [-0.4, -0.2) is 66.7 Å². The van der Waals surface area contributed by atoms with Gasteiger partial charge in [0.15, 0.2) is 0 Å². The largest absolute Gasteiger partial charge is 0.322 e. The Morgan fingerprint density at radius 2 is 1.90 bits per heavy atom. The second-order valence-electron chi connectivity index (χ2n) is 7.28. The van der Waals surface area contributed by atoms with Gasteiger partial charge in [-0.2, -0.15) is 21.6 Å². The van der Waals surface area contributed by atoms with E-state index in [1.165, 1.54) is 0 Å². The van der Waals surface area contributed by atoms with Crippen LogP contribution in [0.2, 0.25) is 0 Å². The van der Waals surface area contributed by atoms with Crippen LogP contribution in [0.5, 0.6) is 0 Å². The van der Waals surface area contributed by atoms with Gasteiger partial charge in [0.25, 0.3) is 0 Å². The van der Waals surface area contributed by atoms with Crippen LogP contribution in [0, 0.1) is 6.92 Å². The zero-order valence-corrected chi connectivity index (χ0v) is 20.3. The summed E-state index contributed by atoms with van der Waals surface area (Å²) in [5.74, 6) is 0.255. The Bertz CT molecular complexity index is 925. The fourth-order valence-corrected chi connectivity index (χ4v) is 4.72. The summed E-state index contributed by atoms with van der Waals surface area (Å²) in [5, 5.41) is 7.09. The minimum atomic E-state index is -3.81. The molecule has 0 aliphatic carbocycles. The summed E-state index contributed by atoms with van der Waals surface area (Å²) in [7, 11) is -3.81. The first-order valence-electron chi connectivity index (χ1n) is 10.4. The first-order chi connectivity index (χ1) is 14.8. The molecule has 0 bridgehead atoms. The monoisotopic (exact) mass is 467 g/mol. The predicted molar refractivity (Wildman–Crippen MR) is 127 cm³/mol. The summed E-state index contributed by atoms with van der Waals surface area (Å²) in [6.45, 7) is 9.65. The maximum atomic E-state index is 12.9. The van der Waals surface area contributed by atoms with E-state index < -0.39 is 22.0 Å². The topological polar surface area (TPSA) is 96.3 Å². The van der Waals surface area contributed by atoms with E-state index in [-0.39, 0.29) is 4.90 Å². The van der Waals surface area contributed by atoms with Crippen LogP contribution in [0.15, 0.2) is 41.6 Å². The second kappa shape index (κ2) is 12.2. The number of amides is 1. The van der Waals surface area contributed by atoms with Gasteiger partial charge in [0.2, 0.25) is 15.9 Å². The number of hydrogen-bond acceptors (Lipinski definition) is 6. The van der Waals surface area contributed by atoms with Gasteiger partial charge in [-0.25, -0.2) is 8.42 Å². The van der Waals surface area contributed by atoms with Gasteiger partial charge in [-0.15, -0.1) is 0 Å². The lowest BCUT2D eigenvalue weighted by atomic mass is 10.2. The average molecular weight is 468 g/mol. The van der Waals surface area contributed by atoms with Crippen molar-refractivity contribution >= 4 is 33.4 Å². The molecule has 0 aliphatic rings. The van der Waals surface area contributed by atoms with Crippen LogP contribution in [0.1, 0.15) is 25.8 Å². The minimum Gasteiger partial charge on any atom is -0.322 e. The molecule has 0 saturated heterocycles. The Balaban J connectivity index is 2.05. The smallest absolute Gasteiger partial charge is 0.242 e. The van der Waals surface area contributed by atoms with Crippen molar-refractivity contribution < 1.29 is 13.2 Å². The molecule has 1 aromatic carbocycles. The van der Waals surface area contributed by atoms with E-state index in [1.54, 1.807) is 53.1 Å². The number of hydrogen-bond donors (Lipinski definition) is 2. The molecule has 0 saturated carbocycles. The number of carbonyl (C=O) groups excluding carboxylic acids is 1. The number of nitrogens with zero attached hydrogens (tertiary/aromatic N) is 3. The lowest BCUT2D eigenvalue weighted by Crippen LogP contribution is -2.44. The molecule has 2 rings (SSSR count). The van der Waals surface area contributed by atoms with Crippen LogP contribution in [0.3, 0.4) is 0 Å². The highest BCUT2D eigenvalue weighted by Gasteiger charge is 2.26. The lowest BCUT2D eigenvalue weighted by Gasteiger charge is -2.18. The Hall–Kier alpha value is -1.88. The number of carbonyl (C=O) groups is 1. The molecule has 1 heterocycles. The number of aromatic nitrogens is 2.